The second-order valence-electron chi connectivity index (χ2n) is 3.97. The Hall–Kier alpha value is -1.23. The molecular weight excluding hydrogens is 310 g/mol. The van der Waals surface area contributed by atoms with Crippen LogP contribution in [0.3, 0.4) is 0 Å². The molecule has 1 N–H and O–H groups in total. The van der Waals surface area contributed by atoms with Gasteiger partial charge in [-0.3, -0.25) is 0 Å². The van der Waals surface area contributed by atoms with Crippen LogP contribution in [-0.4, -0.2) is 10.1 Å². The summed E-state index contributed by atoms with van der Waals surface area (Å²) in [5.74, 6) is 0. The van der Waals surface area contributed by atoms with E-state index in [1.165, 1.54) is 11.3 Å². The second-order valence-corrected chi connectivity index (χ2v) is 5.80. The third-order valence-corrected chi connectivity index (χ3v) is 4.34. The van der Waals surface area contributed by atoms with Crippen molar-refractivity contribution in [3.8, 4) is 0 Å². The van der Waals surface area contributed by atoms with Crippen LogP contribution in [0, 0.1) is 0 Å². The molecule has 2 heterocycles. The first-order valence-electron chi connectivity index (χ1n) is 5.52. The van der Waals surface area contributed by atoms with Crippen LogP contribution in [-0.2, 0) is 0 Å². The van der Waals surface area contributed by atoms with Crippen molar-refractivity contribution in [2.24, 2.45) is 0 Å². The number of thiophene rings is 1. The zero-order valence-electron chi connectivity index (χ0n) is 9.38. The molecule has 1 atom stereocenters. The molecule has 0 aliphatic rings. The lowest BCUT2D eigenvalue weighted by Gasteiger charge is -2.11. The van der Waals surface area contributed by atoms with E-state index in [2.05, 4.69) is 20.9 Å². The average Bonchev–Trinajstić information content (AvgIpc) is 2.91. The summed E-state index contributed by atoms with van der Waals surface area (Å²) in [4.78, 5) is 5.44. The maximum Gasteiger partial charge on any atom is 0.131 e. The van der Waals surface area contributed by atoms with Gasteiger partial charge in [-0.2, -0.15) is 0 Å². The van der Waals surface area contributed by atoms with Gasteiger partial charge in [-0.25, -0.2) is 4.98 Å². The Morgan fingerprint density at radius 1 is 1.17 bits per heavy atom. The lowest BCUT2D eigenvalue weighted by Crippen LogP contribution is -2.02. The Morgan fingerprint density at radius 2 is 2.00 bits per heavy atom. The van der Waals surface area contributed by atoms with Crippen molar-refractivity contribution in [2.75, 3.05) is 0 Å². The molecule has 4 heteroatoms. The molecule has 0 saturated carbocycles. The largest absolute Gasteiger partial charge is 0.381 e. The molecule has 1 aromatic carbocycles. The van der Waals surface area contributed by atoms with Crippen LogP contribution >= 0.6 is 27.3 Å². The molecule has 0 radical (unpaired) electrons. The zero-order chi connectivity index (χ0) is 12.5. The highest BCUT2D eigenvalue weighted by atomic mass is 79.9. The van der Waals surface area contributed by atoms with Crippen LogP contribution in [0.1, 0.15) is 16.7 Å². The first kappa shape index (κ1) is 11.8. The van der Waals surface area contributed by atoms with Crippen LogP contribution in [0.2, 0.25) is 0 Å². The highest BCUT2D eigenvalue weighted by Crippen LogP contribution is 2.31. The number of aromatic nitrogens is 1. The van der Waals surface area contributed by atoms with Crippen molar-refractivity contribution in [2.45, 2.75) is 6.10 Å². The van der Waals surface area contributed by atoms with Gasteiger partial charge in [0.1, 0.15) is 6.10 Å². The molecule has 2 nitrogen and oxygen atoms in total. The quantitative estimate of drug-likeness (QED) is 0.770. The van der Waals surface area contributed by atoms with E-state index >= 15 is 0 Å². The lowest BCUT2D eigenvalue weighted by atomic mass is 10.1. The van der Waals surface area contributed by atoms with Crippen LogP contribution < -0.4 is 0 Å². The maximum atomic E-state index is 10.3. The monoisotopic (exact) mass is 319 g/mol. The van der Waals surface area contributed by atoms with Gasteiger partial charge in [0, 0.05) is 14.7 Å². The molecule has 3 aromatic rings. The minimum atomic E-state index is -0.677. The summed E-state index contributed by atoms with van der Waals surface area (Å²) in [6.45, 7) is 0. The van der Waals surface area contributed by atoms with Gasteiger partial charge < -0.3 is 5.11 Å². The third kappa shape index (κ3) is 2.07. The van der Waals surface area contributed by atoms with E-state index in [4.69, 9.17) is 0 Å². The van der Waals surface area contributed by atoms with Gasteiger partial charge in [0.2, 0.25) is 0 Å². The molecule has 1 unspecified atom stereocenters. The topological polar surface area (TPSA) is 33.1 Å². The predicted octanol–water partition coefficient (Wildman–Crippen LogP) is 4.14. The fraction of sp³-hybridized carbons (Fsp3) is 0.0714. The highest BCUT2D eigenvalue weighted by molar-refractivity contribution is 9.10. The van der Waals surface area contributed by atoms with Gasteiger partial charge in [0.05, 0.1) is 11.2 Å². The summed E-state index contributed by atoms with van der Waals surface area (Å²) >= 11 is 5.01. The van der Waals surface area contributed by atoms with E-state index in [1.54, 1.807) is 0 Å². The predicted molar refractivity (Wildman–Crippen MR) is 77.8 cm³/mol. The molecule has 0 fully saturated rings. The Balaban J connectivity index is 2.14. The maximum absolute atomic E-state index is 10.3. The number of fused-ring (bicyclic) bond motifs is 1. The number of benzene rings is 1. The molecule has 90 valence electrons. The number of halogens is 1. The Morgan fingerprint density at radius 3 is 2.78 bits per heavy atom. The number of hydrogen-bond donors (Lipinski definition) is 1. The Kier molecular flexibility index (Phi) is 3.16. The minimum Gasteiger partial charge on any atom is -0.381 e. The SMILES string of the molecule is OC(c1cccs1)c1nc2ccccc2cc1Br. The summed E-state index contributed by atoms with van der Waals surface area (Å²) < 4.78 is 0.835. The van der Waals surface area contributed by atoms with Crippen LogP contribution in [0.15, 0.2) is 52.3 Å². The van der Waals surface area contributed by atoms with Crippen LogP contribution in [0.5, 0.6) is 0 Å². The first-order chi connectivity index (χ1) is 8.75. The van der Waals surface area contributed by atoms with Gasteiger partial charge in [0.25, 0.3) is 0 Å². The number of pyridine rings is 1. The minimum absolute atomic E-state index is 0.663. The summed E-state index contributed by atoms with van der Waals surface area (Å²) in [5.41, 5.74) is 1.56. The zero-order valence-corrected chi connectivity index (χ0v) is 11.8. The normalized spacial score (nSPS) is 12.8. The van der Waals surface area contributed by atoms with Crippen molar-refractivity contribution in [3.63, 3.8) is 0 Å². The molecule has 0 saturated heterocycles. The molecule has 0 aliphatic heterocycles. The average molecular weight is 320 g/mol. The number of nitrogens with zero attached hydrogens (tertiary/aromatic N) is 1. The van der Waals surface area contributed by atoms with Crippen LogP contribution in [0.4, 0.5) is 0 Å². The van der Waals surface area contributed by atoms with E-state index in [-0.39, 0.29) is 0 Å². The number of hydrogen-bond acceptors (Lipinski definition) is 3. The van der Waals surface area contributed by atoms with Crippen molar-refractivity contribution in [3.05, 3.63) is 62.9 Å². The molecule has 0 spiro atoms. The second kappa shape index (κ2) is 4.80. The van der Waals surface area contributed by atoms with E-state index in [0.29, 0.717) is 5.69 Å². The fourth-order valence-electron chi connectivity index (χ4n) is 1.88. The highest BCUT2D eigenvalue weighted by Gasteiger charge is 2.17. The Bertz CT molecular complexity index is 681. The van der Waals surface area contributed by atoms with Crippen molar-refractivity contribution in [1.29, 1.82) is 0 Å². The van der Waals surface area contributed by atoms with E-state index < -0.39 is 6.10 Å². The number of aliphatic hydroxyl groups excluding tert-OH is 1. The van der Waals surface area contributed by atoms with Gasteiger partial charge in [0.15, 0.2) is 0 Å². The molecule has 3 rings (SSSR count). The van der Waals surface area contributed by atoms with Gasteiger partial charge in [-0.05, 0) is 39.5 Å². The molecule has 0 amide bonds. The fourth-order valence-corrected chi connectivity index (χ4v) is 3.14. The number of rotatable bonds is 2. The summed E-state index contributed by atoms with van der Waals surface area (Å²) in [5, 5.41) is 13.4. The molecular formula is C14H10BrNOS. The number of aliphatic hydroxyl groups is 1. The molecule has 2 aromatic heterocycles. The van der Waals surface area contributed by atoms with Crippen LogP contribution in [0.25, 0.3) is 10.9 Å². The molecule has 18 heavy (non-hydrogen) atoms. The van der Waals surface area contributed by atoms with Gasteiger partial charge >= 0.3 is 0 Å². The van der Waals surface area contributed by atoms with Crippen molar-refractivity contribution >= 4 is 38.2 Å². The van der Waals surface area contributed by atoms with E-state index in [0.717, 1.165) is 20.3 Å². The van der Waals surface area contributed by atoms with Crippen molar-refractivity contribution < 1.29 is 5.11 Å². The standard InChI is InChI=1S/C14H10BrNOS/c15-10-8-9-4-1-2-5-11(9)16-13(10)14(17)12-6-3-7-18-12/h1-8,14,17H. The van der Waals surface area contributed by atoms with Gasteiger partial charge in [-0.15, -0.1) is 11.3 Å². The summed E-state index contributed by atoms with van der Waals surface area (Å²) in [6.07, 6.45) is -0.677. The van der Waals surface area contributed by atoms with Crippen molar-refractivity contribution in [1.82, 2.24) is 4.98 Å². The van der Waals surface area contributed by atoms with E-state index in [1.807, 2.05) is 47.8 Å². The first-order valence-corrected chi connectivity index (χ1v) is 7.19. The lowest BCUT2D eigenvalue weighted by molar-refractivity contribution is 0.219. The smallest absolute Gasteiger partial charge is 0.131 e. The van der Waals surface area contributed by atoms with Gasteiger partial charge in [-0.1, -0.05) is 24.3 Å². The molecule has 0 bridgehead atoms. The molecule has 0 aliphatic carbocycles. The summed E-state index contributed by atoms with van der Waals surface area (Å²) in [6, 6.07) is 13.7. The third-order valence-electron chi connectivity index (χ3n) is 2.78. The Labute approximate surface area is 117 Å². The summed E-state index contributed by atoms with van der Waals surface area (Å²) in [7, 11) is 0. The number of para-hydroxylation sites is 1. The van der Waals surface area contributed by atoms with E-state index in [9.17, 15) is 5.11 Å².